The van der Waals surface area contributed by atoms with Crippen molar-refractivity contribution in [3.8, 4) is 0 Å². The summed E-state index contributed by atoms with van der Waals surface area (Å²) in [5, 5.41) is 2.12. The Morgan fingerprint density at radius 1 is 1.00 bits per heavy atom. The number of rotatable bonds is 6. The van der Waals surface area contributed by atoms with Gasteiger partial charge in [0.15, 0.2) is 0 Å². The van der Waals surface area contributed by atoms with E-state index in [-0.39, 0.29) is 0 Å². The van der Waals surface area contributed by atoms with Crippen molar-refractivity contribution in [2.45, 2.75) is 50.2 Å². The van der Waals surface area contributed by atoms with Crippen LogP contribution in [0.25, 0.3) is 0 Å². The van der Waals surface area contributed by atoms with Crippen molar-refractivity contribution in [2.24, 2.45) is 0 Å². The van der Waals surface area contributed by atoms with Crippen LogP contribution in [0.3, 0.4) is 0 Å². The van der Waals surface area contributed by atoms with Gasteiger partial charge >= 0.3 is 68.4 Å². The summed E-state index contributed by atoms with van der Waals surface area (Å²) in [4.78, 5) is 0. The Bertz CT molecular complexity index is 58.3. The molecule has 0 saturated heterocycles. The molecule has 0 amide bonds. The van der Waals surface area contributed by atoms with Crippen LogP contribution in [-0.4, -0.2) is 4.22 Å². The van der Waals surface area contributed by atoms with Crippen LogP contribution in [0.5, 0.6) is 0 Å². The summed E-state index contributed by atoms with van der Waals surface area (Å²) in [7, 11) is 0. The molecule has 0 aromatic carbocycles. The molecule has 0 spiro atoms. The van der Waals surface area contributed by atoms with Crippen molar-refractivity contribution in [3.05, 3.63) is 0 Å². The molecule has 1 N–H and O–H groups in total. The maximum absolute atomic E-state index is 9.37. The fourth-order valence-corrected chi connectivity index (χ4v) is 2.44. The van der Waals surface area contributed by atoms with E-state index in [1.165, 1.54) is 25.7 Å². The summed E-state index contributed by atoms with van der Waals surface area (Å²) >= 11 is -0.572. The van der Waals surface area contributed by atoms with E-state index in [1.54, 1.807) is 0 Å². The van der Waals surface area contributed by atoms with E-state index in [0.29, 0.717) is 0 Å². The SMILES string of the molecule is CCC[CH2][Co]([OH])[CH2]CCC. The van der Waals surface area contributed by atoms with Gasteiger partial charge in [0.05, 0.1) is 0 Å². The molecule has 0 fully saturated rings. The molecular formula is C8H19CoO. The van der Waals surface area contributed by atoms with Crippen LogP contribution in [0.4, 0.5) is 0 Å². The van der Waals surface area contributed by atoms with Crippen LogP contribution in [0.15, 0.2) is 0 Å². The summed E-state index contributed by atoms with van der Waals surface area (Å²) in [5.74, 6) is 0. The van der Waals surface area contributed by atoms with Crippen LogP contribution in [0.1, 0.15) is 39.5 Å². The second-order valence-corrected chi connectivity index (χ2v) is 4.64. The Hall–Kier alpha value is 0.466. The van der Waals surface area contributed by atoms with Gasteiger partial charge in [-0.3, -0.25) is 0 Å². The van der Waals surface area contributed by atoms with Crippen molar-refractivity contribution >= 4 is 0 Å². The predicted octanol–water partition coefficient (Wildman–Crippen LogP) is 2.95. The molecule has 1 nitrogen and oxygen atoms in total. The molecule has 0 saturated carbocycles. The second-order valence-electron chi connectivity index (χ2n) is 2.42. The topological polar surface area (TPSA) is 20.2 Å². The second kappa shape index (κ2) is 7.57. The van der Waals surface area contributed by atoms with Crippen molar-refractivity contribution in [3.63, 3.8) is 0 Å². The van der Waals surface area contributed by atoms with E-state index >= 15 is 0 Å². The third-order valence-corrected chi connectivity index (χ3v) is 3.27. The van der Waals surface area contributed by atoms with Crippen molar-refractivity contribution in [1.82, 2.24) is 0 Å². The first-order valence-corrected chi connectivity index (χ1v) is 5.97. The molecule has 66 valence electrons. The minimum atomic E-state index is -0.572. The molecule has 0 aromatic heterocycles. The summed E-state index contributed by atoms with van der Waals surface area (Å²) in [6.07, 6.45) is 4.83. The molecule has 0 bridgehead atoms. The molecular weight excluding hydrogens is 171 g/mol. The number of hydrogen-bond donors (Lipinski definition) is 1. The first-order chi connectivity index (χ1) is 4.81. The molecule has 0 radical (unpaired) electrons. The number of hydrogen-bond acceptors (Lipinski definition) is 1. The van der Waals surface area contributed by atoms with Crippen LogP contribution in [0.2, 0.25) is 10.7 Å². The molecule has 0 atom stereocenters. The molecule has 0 heterocycles. The van der Waals surface area contributed by atoms with Gasteiger partial charge < -0.3 is 0 Å². The fourth-order valence-electron chi connectivity index (χ4n) is 0.591. The first-order valence-electron chi connectivity index (χ1n) is 4.03. The van der Waals surface area contributed by atoms with Gasteiger partial charge in [-0.1, -0.05) is 0 Å². The zero-order valence-corrected chi connectivity index (χ0v) is 8.06. The Labute approximate surface area is 68.9 Å². The molecule has 0 aliphatic heterocycles. The van der Waals surface area contributed by atoms with E-state index in [9.17, 15) is 4.22 Å². The molecule has 10 heavy (non-hydrogen) atoms. The average molecular weight is 190 g/mol. The number of unbranched alkanes of at least 4 members (excludes halogenated alkanes) is 2. The fraction of sp³-hybridized carbons (Fsp3) is 1.00. The Morgan fingerprint density at radius 2 is 1.40 bits per heavy atom. The van der Waals surface area contributed by atoms with Gasteiger partial charge in [-0.2, -0.15) is 0 Å². The summed E-state index contributed by atoms with van der Waals surface area (Å²) in [6, 6.07) is 0. The van der Waals surface area contributed by atoms with Gasteiger partial charge in [0.1, 0.15) is 0 Å². The molecule has 0 aliphatic rings. The maximum atomic E-state index is 9.37. The van der Waals surface area contributed by atoms with Gasteiger partial charge in [-0.05, 0) is 0 Å². The van der Waals surface area contributed by atoms with Crippen molar-refractivity contribution < 1.29 is 18.2 Å². The molecule has 0 aromatic rings. The summed E-state index contributed by atoms with van der Waals surface area (Å²) in [6.45, 7) is 4.34. The average Bonchev–Trinajstić information content (AvgIpc) is 1.97. The third-order valence-electron chi connectivity index (χ3n) is 1.33. The monoisotopic (exact) mass is 190 g/mol. The Kier molecular flexibility index (Phi) is 7.93. The minimum absolute atomic E-state index is 0.572. The standard InChI is InChI=1S/2C4H9.Co.H2O/c2*1-3-4-2;;/h2*1,3-4H2,2H3;;1H2/q;;+1;/p-1. The summed E-state index contributed by atoms with van der Waals surface area (Å²) in [5.41, 5.74) is 0. The van der Waals surface area contributed by atoms with Crippen LogP contribution < -0.4 is 0 Å². The van der Waals surface area contributed by atoms with Crippen LogP contribution >= 0.6 is 0 Å². The Balaban J connectivity index is 3.00. The molecule has 0 rings (SSSR count). The zero-order chi connectivity index (χ0) is 7.82. The first kappa shape index (κ1) is 10.5. The molecule has 2 heteroatoms. The Morgan fingerprint density at radius 3 is 1.70 bits per heavy atom. The quantitative estimate of drug-likeness (QED) is 0.682. The predicted molar refractivity (Wildman–Crippen MR) is 41.6 cm³/mol. The van der Waals surface area contributed by atoms with Crippen molar-refractivity contribution in [2.75, 3.05) is 0 Å². The van der Waals surface area contributed by atoms with E-state index < -0.39 is 14.0 Å². The van der Waals surface area contributed by atoms with Gasteiger partial charge in [0, 0.05) is 0 Å². The van der Waals surface area contributed by atoms with E-state index in [1.807, 2.05) is 0 Å². The van der Waals surface area contributed by atoms with Gasteiger partial charge in [0.25, 0.3) is 0 Å². The van der Waals surface area contributed by atoms with E-state index in [0.717, 1.165) is 10.7 Å². The van der Waals surface area contributed by atoms with Crippen molar-refractivity contribution in [1.29, 1.82) is 0 Å². The normalized spacial score (nSPS) is 11.7. The third kappa shape index (κ3) is 6.58. The van der Waals surface area contributed by atoms with Gasteiger partial charge in [-0.25, -0.2) is 0 Å². The van der Waals surface area contributed by atoms with Gasteiger partial charge in [0.2, 0.25) is 0 Å². The van der Waals surface area contributed by atoms with Crippen LogP contribution in [0, 0.1) is 0 Å². The molecule has 0 unspecified atom stereocenters. The van der Waals surface area contributed by atoms with Gasteiger partial charge in [-0.15, -0.1) is 0 Å². The summed E-state index contributed by atoms with van der Waals surface area (Å²) < 4.78 is 9.37. The van der Waals surface area contributed by atoms with Crippen LogP contribution in [-0.2, 0) is 14.0 Å². The molecule has 0 aliphatic carbocycles. The van der Waals surface area contributed by atoms with E-state index in [2.05, 4.69) is 13.8 Å². The zero-order valence-electron chi connectivity index (χ0n) is 7.02. The van der Waals surface area contributed by atoms with E-state index in [4.69, 9.17) is 0 Å².